The average Bonchev–Trinajstić information content (AvgIpc) is 2.57. The molecular weight excluding hydrogens is 268 g/mol. The van der Waals surface area contributed by atoms with E-state index in [0.717, 1.165) is 24.4 Å². The van der Waals surface area contributed by atoms with Crippen LogP contribution in [0.1, 0.15) is 90.9 Å². The number of allylic oxidation sites excluding steroid dienone is 2. The summed E-state index contributed by atoms with van der Waals surface area (Å²) in [4.78, 5) is 0. The van der Waals surface area contributed by atoms with E-state index in [-0.39, 0.29) is 0 Å². The van der Waals surface area contributed by atoms with Crippen LogP contribution in [0.3, 0.4) is 0 Å². The van der Waals surface area contributed by atoms with Gasteiger partial charge < -0.3 is 4.74 Å². The Hall–Kier alpha value is -0.300. The Kier molecular flexibility index (Phi) is 8.59. The van der Waals surface area contributed by atoms with Crippen molar-refractivity contribution in [2.45, 2.75) is 97.0 Å². The van der Waals surface area contributed by atoms with Crippen LogP contribution in [0.5, 0.6) is 0 Å². The van der Waals surface area contributed by atoms with Gasteiger partial charge in [-0.3, -0.25) is 0 Å². The molecule has 0 heterocycles. The third-order valence-corrected chi connectivity index (χ3v) is 6.11. The summed E-state index contributed by atoms with van der Waals surface area (Å²) in [5, 5.41) is 0. The number of hydrogen-bond donors (Lipinski definition) is 0. The van der Waals surface area contributed by atoms with E-state index in [9.17, 15) is 0 Å². The van der Waals surface area contributed by atoms with Crippen molar-refractivity contribution < 1.29 is 4.74 Å². The van der Waals surface area contributed by atoms with Crippen molar-refractivity contribution in [1.82, 2.24) is 0 Å². The molecular formula is C21H38O. The molecule has 0 aromatic heterocycles. The molecule has 0 aliphatic heterocycles. The van der Waals surface area contributed by atoms with Gasteiger partial charge in [0.1, 0.15) is 0 Å². The first kappa shape index (κ1) is 18.0. The third-order valence-electron chi connectivity index (χ3n) is 6.11. The topological polar surface area (TPSA) is 9.23 Å². The molecule has 2 aliphatic rings. The van der Waals surface area contributed by atoms with Crippen molar-refractivity contribution in [3.05, 3.63) is 12.2 Å². The largest absolute Gasteiger partial charge is 0.378 e. The van der Waals surface area contributed by atoms with Crippen LogP contribution in [0.4, 0.5) is 0 Å². The lowest BCUT2D eigenvalue weighted by molar-refractivity contribution is 0.00581. The van der Waals surface area contributed by atoms with Crippen molar-refractivity contribution in [2.24, 2.45) is 17.8 Å². The zero-order valence-corrected chi connectivity index (χ0v) is 15.1. The summed E-state index contributed by atoms with van der Waals surface area (Å²) in [6, 6.07) is 0. The molecule has 2 rings (SSSR count). The molecule has 2 saturated carbocycles. The molecule has 1 nitrogen and oxygen atoms in total. The quantitative estimate of drug-likeness (QED) is 0.366. The summed E-state index contributed by atoms with van der Waals surface area (Å²) in [5.74, 6) is 3.07. The molecule has 22 heavy (non-hydrogen) atoms. The van der Waals surface area contributed by atoms with E-state index in [1.54, 1.807) is 0 Å². The SMILES string of the molecule is C/C=C/CC[C@H]1CC[C@H]([C@H]2CC[C@H](OCCCC)CC2)CC1. The Bertz CT molecular complexity index is 293. The highest BCUT2D eigenvalue weighted by atomic mass is 16.5. The summed E-state index contributed by atoms with van der Waals surface area (Å²) in [6.07, 6.45) is 21.9. The molecule has 0 radical (unpaired) electrons. The second-order valence-electron chi connectivity index (χ2n) is 7.69. The molecule has 0 atom stereocenters. The van der Waals surface area contributed by atoms with Crippen LogP contribution in [-0.4, -0.2) is 12.7 Å². The van der Waals surface area contributed by atoms with Crippen LogP contribution in [0.15, 0.2) is 12.2 Å². The molecule has 0 aromatic rings. The lowest BCUT2D eigenvalue weighted by Gasteiger charge is -2.37. The Labute approximate surface area is 138 Å². The summed E-state index contributed by atoms with van der Waals surface area (Å²) >= 11 is 0. The molecule has 0 N–H and O–H groups in total. The molecule has 0 bridgehead atoms. The molecule has 0 spiro atoms. The molecule has 2 aliphatic carbocycles. The highest BCUT2D eigenvalue weighted by molar-refractivity contribution is 4.84. The zero-order valence-electron chi connectivity index (χ0n) is 15.1. The zero-order chi connectivity index (χ0) is 15.6. The van der Waals surface area contributed by atoms with Gasteiger partial charge in [0.15, 0.2) is 0 Å². The summed E-state index contributed by atoms with van der Waals surface area (Å²) < 4.78 is 6.02. The van der Waals surface area contributed by atoms with E-state index in [4.69, 9.17) is 4.74 Å². The van der Waals surface area contributed by atoms with Gasteiger partial charge in [-0.15, -0.1) is 0 Å². The predicted molar refractivity (Wildman–Crippen MR) is 96.1 cm³/mol. The second kappa shape index (κ2) is 10.5. The van der Waals surface area contributed by atoms with Crippen molar-refractivity contribution in [2.75, 3.05) is 6.61 Å². The van der Waals surface area contributed by atoms with Gasteiger partial charge in [-0.05, 0) is 82.5 Å². The minimum Gasteiger partial charge on any atom is -0.378 e. The van der Waals surface area contributed by atoms with E-state index in [0.29, 0.717) is 6.10 Å². The standard InChI is InChI=1S/C21H38O/c1-3-5-7-8-18-9-11-19(12-10-18)20-13-15-21(16-14-20)22-17-6-4-2/h3,5,18-21H,4,6-17H2,1-2H3/b5-3+/t18-,19-,20-,21-. The lowest BCUT2D eigenvalue weighted by atomic mass is 9.70. The molecule has 0 unspecified atom stereocenters. The minimum absolute atomic E-state index is 0.583. The normalized spacial score (nSPS) is 33.4. The van der Waals surface area contributed by atoms with E-state index in [1.165, 1.54) is 77.0 Å². The van der Waals surface area contributed by atoms with Crippen molar-refractivity contribution in [1.29, 1.82) is 0 Å². The monoisotopic (exact) mass is 306 g/mol. The highest BCUT2D eigenvalue weighted by Crippen LogP contribution is 2.41. The third kappa shape index (κ3) is 6.07. The minimum atomic E-state index is 0.583. The molecule has 0 saturated heterocycles. The fraction of sp³-hybridized carbons (Fsp3) is 0.905. The Morgan fingerprint density at radius 1 is 0.909 bits per heavy atom. The van der Waals surface area contributed by atoms with Gasteiger partial charge >= 0.3 is 0 Å². The van der Waals surface area contributed by atoms with E-state index in [1.807, 2.05) is 0 Å². The molecule has 0 amide bonds. The Morgan fingerprint density at radius 2 is 1.55 bits per heavy atom. The lowest BCUT2D eigenvalue weighted by Crippen LogP contribution is -2.28. The van der Waals surface area contributed by atoms with E-state index in [2.05, 4.69) is 26.0 Å². The van der Waals surface area contributed by atoms with Gasteiger partial charge in [-0.2, -0.15) is 0 Å². The van der Waals surface area contributed by atoms with Gasteiger partial charge in [0, 0.05) is 6.61 Å². The number of hydrogen-bond acceptors (Lipinski definition) is 1. The Balaban J connectivity index is 1.60. The summed E-state index contributed by atoms with van der Waals surface area (Å²) in [6.45, 7) is 5.37. The molecule has 2 fully saturated rings. The maximum Gasteiger partial charge on any atom is 0.0575 e. The van der Waals surface area contributed by atoms with Crippen LogP contribution in [0.25, 0.3) is 0 Å². The predicted octanol–water partition coefficient (Wildman–Crippen LogP) is 6.52. The van der Waals surface area contributed by atoms with Gasteiger partial charge in [-0.1, -0.05) is 38.3 Å². The summed E-state index contributed by atoms with van der Waals surface area (Å²) in [7, 11) is 0. The fourth-order valence-electron chi connectivity index (χ4n) is 4.57. The number of rotatable bonds is 8. The fourth-order valence-corrected chi connectivity index (χ4v) is 4.57. The first-order chi connectivity index (χ1) is 10.8. The van der Waals surface area contributed by atoms with Crippen LogP contribution in [0.2, 0.25) is 0 Å². The van der Waals surface area contributed by atoms with Gasteiger partial charge in [-0.25, -0.2) is 0 Å². The van der Waals surface area contributed by atoms with Gasteiger partial charge in [0.2, 0.25) is 0 Å². The summed E-state index contributed by atoms with van der Waals surface area (Å²) in [5.41, 5.74) is 0. The molecule has 0 aromatic carbocycles. The van der Waals surface area contributed by atoms with Crippen LogP contribution < -0.4 is 0 Å². The Morgan fingerprint density at radius 3 is 2.14 bits per heavy atom. The van der Waals surface area contributed by atoms with E-state index < -0.39 is 0 Å². The first-order valence-corrected chi connectivity index (χ1v) is 10.1. The van der Waals surface area contributed by atoms with Crippen molar-refractivity contribution >= 4 is 0 Å². The average molecular weight is 307 g/mol. The molecule has 1 heteroatoms. The number of unbranched alkanes of at least 4 members (excludes halogenated alkanes) is 1. The second-order valence-corrected chi connectivity index (χ2v) is 7.69. The first-order valence-electron chi connectivity index (χ1n) is 10.1. The van der Waals surface area contributed by atoms with Crippen molar-refractivity contribution in [3.63, 3.8) is 0 Å². The van der Waals surface area contributed by atoms with E-state index >= 15 is 0 Å². The highest BCUT2D eigenvalue weighted by Gasteiger charge is 2.30. The van der Waals surface area contributed by atoms with Gasteiger partial charge in [0.05, 0.1) is 6.10 Å². The maximum absolute atomic E-state index is 6.02. The smallest absolute Gasteiger partial charge is 0.0575 e. The molecule has 128 valence electrons. The number of ether oxygens (including phenoxy) is 1. The van der Waals surface area contributed by atoms with Crippen LogP contribution >= 0.6 is 0 Å². The van der Waals surface area contributed by atoms with Crippen molar-refractivity contribution in [3.8, 4) is 0 Å². The van der Waals surface area contributed by atoms with Gasteiger partial charge in [0.25, 0.3) is 0 Å². The van der Waals surface area contributed by atoms with Crippen LogP contribution in [0, 0.1) is 17.8 Å². The maximum atomic E-state index is 6.02. The van der Waals surface area contributed by atoms with Crippen LogP contribution in [-0.2, 0) is 4.74 Å².